The Kier molecular flexibility index (Phi) is 4.75. The molecule has 1 N–H and O–H groups in total. The maximum absolute atomic E-state index is 12.6. The highest BCUT2D eigenvalue weighted by atomic mass is 19.3. The summed E-state index contributed by atoms with van der Waals surface area (Å²) in [6.45, 7) is 0. The first-order chi connectivity index (χ1) is 8.04. The summed E-state index contributed by atoms with van der Waals surface area (Å²) < 4.78 is 25.3. The van der Waals surface area contributed by atoms with Crippen LogP contribution in [0, 0.1) is 0 Å². The van der Waals surface area contributed by atoms with E-state index in [-0.39, 0.29) is 24.8 Å². The van der Waals surface area contributed by atoms with Gasteiger partial charge in [-0.2, -0.15) is 0 Å². The first kappa shape index (κ1) is 13.3. The zero-order chi connectivity index (χ0) is 12.8. The number of benzene rings is 1. The van der Waals surface area contributed by atoms with Crippen LogP contribution in [-0.2, 0) is 22.4 Å². The lowest BCUT2D eigenvalue weighted by Crippen LogP contribution is -2.03. The molecule has 0 aromatic heterocycles. The van der Waals surface area contributed by atoms with Crippen molar-refractivity contribution in [2.45, 2.75) is 25.7 Å². The average molecular weight is 242 g/mol. The van der Waals surface area contributed by atoms with Crippen molar-refractivity contribution in [2.24, 2.45) is 0 Å². The molecule has 0 fully saturated rings. The number of hydrogen-bond donors (Lipinski definition) is 1. The van der Waals surface area contributed by atoms with Crippen molar-refractivity contribution >= 4 is 12.3 Å². The van der Waals surface area contributed by atoms with Gasteiger partial charge in [-0.25, -0.2) is 8.78 Å². The molecule has 0 unspecified atom stereocenters. The number of aryl methyl sites for hydroxylation is 1. The number of carboxylic acids is 1. The third-order valence-corrected chi connectivity index (χ3v) is 2.33. The molecule has 1 rings (SSSR count). The molecule has 1 aromatic rings. The fourth-order valence-electron chi connectivity index (χ4n) is 1.59. The smallest absolute Gasteiger partial charge is 0.307 e. The van der Waals surface area contributed by atoms with Crippen LogP contribution in [0.25, 0.3) is 0 Å². The van der Waals surface area contributed by atoms with E-state index < -0.39 is 12.4 Å². The monoisotopic (exact) mass is 242 g/mol. The van der Waals surface area contributed by atoms with Crippen LogP contribution < -0.4 is 0 Å². The van der Waals surface area contributed by atoms with E-state index in [1.165, 1.54) is 18.2 Å². The minimum Gasteiger partial charge on any atom is -0.481 e. The van der Waals surface area contributed by atoms with Crippen LogP contribution in [0.1, 0.15) is 29.5 Å². The molecule has 0 saturated heterocycles. The van der Waals surface area contributed by atoms with Crippen LogP contribution in [-0.4, -0.2) is 17.4 Å². The quantitative estimate of drug-likeness (QED) is 0.779. The molecule has 0 atom stereocenters. The largest absolute Gasteiger partial charge is 0.481 e. The van der Waals surface area contributed by atoms with Crippen molar-refractivity contribution in [3.05, 3.63) is 34.9 Å². The molecule has 0 aliphatic carbocycles. The Balaban J connectivity index is 3.00. The van der Waals surface area contributed by atoms with Crippen molar-refractivity contribution in [3.8, 4) is 0 Å². The second kappa shape index (κ2) is 6.08. The fraction of sp³-hybridized carbons (Fsp3) is 0.333. The average Bonchev–Trinajstić information content (AvgIpc) is 2.25. The Morgan fingerprint density at radius 2 is 2.12 bits per heavy atom. The Labute approximate surface area is 97.1 Å². The van der Waals surface area contributed by atoms with Gasteiger partial charge < -0.3 is 9.90 Å². The van der Waals surface area contributed by atoms with Crippen molar-refractivity contribution in [3.63, 3.8) is 0 Å². The number of carbonyl (C=O) groups is 2. The number of carboxylic acid groups (broad SMARTS) is 1. The van der Waals surface area contributed by atoms with Crippen molar-refractivity contribution < 1.29 is 23.5 Å². The summed E-state index contributed by atoms with van der Waals surface area (Å²) in [7, 11) is 0. The van der Waals surface area contributed by atoms with E-state index in [0.717, 1.165) is 0 Å². The number of alkyl halides is 2. The van der Waals surface area contributed by atoms with Crippen LogP contribution in [0.4, 0.5) is 8.78 Å². The minimum absolute atomic E-state index is 0.138. The Bertz CT molecular complexity index is 416. The lowest BCUT2D eigenvalue weighted by atomic mass is 9.99. The molecule has 0 heterocycles. The Hall–Kier alpha value is -1.78. The molecule has 1 aromatic carbocycles. The summed E-state index contributed by atoms with van der Waals surface area (Å²) in [4.78, 5) is 20.7. The molecular weight excluding hydrogens is 230 g/mol. The molecule has 5 heteroatoms. The number of aldehydes is 1. The topological polar surface area (TPSA) is 54.4 Å². The number of halogens is 2. The highest BCUT2D eigenvalue weighted by Gasteiger charge is 2.13. The zero-order valence-corrected chi connectivity index (χ0v) is 9.03. The Morgan fingerprint density at radius 1 is 1.41 bits per heavy atom. The normalized spacial score (nSPS) is 10.5. The van der Waals surface area contributed by atoms with Crippen LogP contribution in [0.3, 0.4) is 0 Å². The third kappa shape index (κ3) is 3.94. The molecule has 0 radical (unpaired) electrons. The highest BCUT2D eigenvalue weighted by Crippen LogP contribution is 2.25. The van der Waals surface area contributed by atoms with Crippen molar-refractivity contribution in [2.75, 3.05) is 0 Å². The SMILES string of the molecule is O=CCCc1cc(CC(=O)O)ccc1C(F)F. The standard InChI is InChI=1S/C12H12F2O3/c13-12(14)10-4-3-8(7-11(16)17)6-9(10)2-1-5-15/h3-6,12H,1-2,7H2,(H,16,17). The molecular formula is C12H12F2O3. The molecule has 0 bridgehead atoms. The van der Waals surface area contributed by atoms with Gasteiger partial charge in [0.05, 0.1) is 6.42 Å². The zero-order valence-electron chi connectivity index (χ0n) is 9.03. The molecule has 17 heavy (non-hydrogen) atoms. The van der Waals surface area contributed by atoms with Crippen LogP contribution >= 0.6 is 0 Å². The Morgan fingerprint density at radius 3 is 2.65 bits per heavy atom. The molecule has 3 nitrogen and oxygen atoms in total. The summed E-state index contributed by atoms with van der Waals surface area (Å²) in [5.41, 5.74) is 0.662. The molecule has 92 valence electrons. The maximum atomic E-state index is 12.6. The summed E-state index contributed by atoms with van der Waals surface area (Å²) in [5.74, 6) is -1.02. The van der Waals surface area contributed by atoms with Crippen molar-refractivity contribution in [1.82, 2.24) is 0 Å². The van der Waals surface area contributed by atoms with Gasteiger partial charge in [-0.15, -0.1) is 0 Å². The van der Waals surface area contributed by atoms with Gasteiger partial charge >= 0.3 is 5.97 Å². The molecule has 0 aliphatic rings. The van der Waals surface area contributed by atoms with Crippen LogP contribution in [0.5, 0.6) is 0 Å². The first-order valence-electron chi connectivity index (χ1n) is 5.10. The molecule has 0 spiro atoms. The highest BCUT2D eigenvalue weighted by molar-refractivity contribution is 5.70. The maximum Gasteiger partial charge on any atom is 0.307 e. The lowest BCUT2D eigenvalue weighted by Gasteiger charge is -2.09. The summed E-state index contributed by atoms with van der Waals surface area (Å²) >= 11 is 0. The second-order valence-electron chi connectivity index (χ2n) is 3.61. The predicted octanol–water partition coefficient (Wildman–Crippen LogP) is 2.38. The summed E-state index contributed by atoms with van der Waals surface area (Å²) in [6.07, 6.45) is -1.82. The van der Waals surface area contributed by atoms with Gasteiger partial charge in [-0.05, 0) is 17.5 Å². The van der Waals surface area contributed by atoms with Crippen LogP contribution in [0.15, 0.2) is 18.2 Å². The predicted molar refractivity (Wildman–Crippen MR) is 57.1 cm³/mol. The van der Waals surface area contributed by atoms with E-state index in [2.05, 4.69) is 0 Å². The third-order valence-electron chi connectivity index (χ3n) is 2.33. The minimum atomic E-state index is -2.62. The number of carbonyl (C=O) groups excluding carboxylic acids is 1. The van der Waals surface area contributed by atoms with E-state index in [9.17, 15) is 18.4 Å². The van der Waals surface area contributed by atoms with Gasteiger partial charge in [0.15, 0.2) is 0 Å². The summed E-state index contributed by atoms with van der Waals surface area (Å²) in [5, 5.41) is 8.61. The number of hydrogen-bond acceptors (Lipinski definition) is 2. The molecule has 0 aliphatic heterocycles. The fourth-order valence-corrected chi connectivity index (χ4v) is 1.59. The number of aliphatic carboxylic acids is 1. The van der Waals surface area contributed by atoms with Gasteiger partial charge in [0.2, 0.25) is 0 Å². The first-order valence-corrected chi connectivity index (χ1v) is 5.10. The second-order valence-corrected chi connectivity index (χ2v) is 3.61. The van der Waals surface area contributed by atoms with Gasteiger partial charge in [0.25, 0.3) is 6.43 Å². The van der Waals surface area contributed by atoms with Crippen LogP contribution in [0.2, 0.25) is 0 Å². The van der Waals surface area contributed by atoms with Gasteiger partial charge in [-0.1, -0.05) is 18.2 Å². The van der Waals surface area contributed by atoms with Gasteiger partial charge in [0, 0.05) is 12.0 Å². The van der Waals surface area contributed by atoms with E-state index in [4.69, 9.17) is 5.11 Å². The summed E-state index contributed by atoms with van der Waals surface area (Å²) in [6, 6.07) is 4.03. The van der Waals surface area contributed by atoms with Gasteiger partial charge in [-0.3, -0.25) is 4.79 Å². The van der Waals surface area contributed by atoms with E-state index in [1.807, 2.05) is 0 Å². The van der Waals surface area contributed by atoms with Crippen molar-refractivity contribution in [1.29, 1.82) is 0 Å². The molecule has 0 saturated carbocycles. The van der Waals surface area contributed by atoms with E-state index in [0.29, 0.717) is 17.4 Å². The molecule has 0 amide bonds. The van der Waals surface area contributed by atoms with E-state index in [1.54, 1.807) is 0 Å². The van der Waals surface area contributed by atoms with Gasteiger partial charge in [0.1, 0.15) is 6.29 Å². The number of rotatable bonds is 6. The van der Waals surface area contributed by atoms with E-state index >= 15 is 0 Å². The lowest BCUT2D eigenvalue weighted by molar-refractivity contribution is -0.136.